The predicted molar refractivity (Wildman–Crippen MR) is 74.2 cm³/mol. The summed E-state index contributed by atoms with van der Waals surface area (Å²) in [6.07, 6.45) is 6.87. The molecule has 0 spiro atoms. The number of rotatable bonds is 2. The van der Waals surface area contributed by atoms with E-state index in [9.17, 15) is 13.2 Å². The van der Waals surface area contributed by atoms with Gasteiger partial charge in [-0.25, -0.2) is 8.42 Å². The van der Waals surface area contributed by atoms with E-state index in [2.05, 4.69) is 6.92 Å². The zero-order valence-electron chi connectivity index (χ0n) is 11.8. The molecule has 1 amide bonds. The molecule has 0 unspecified atom stereocenters. The molecule has 0 bridgehead atoms. The van der Waals surface area contributed by atoms with Crippen molar-refractivity contribution in [2.24, 2.45) is 0 Å². The van der Waals surface area contributed by atoms with Gasteiger partial charge in [0.05, 0.1) is 6.26 Å². The molecule has 6 heteroatoms. The minimum absolute atomic E-state index is 0.0114. The van der Waals surface area contributed by atoms with E-state index in [0.29, 0.717) is 13.0 Å². The number of carbonyl (C=O) groups is 1. The van der Waals surface area contributed by atoms with Crippen molar-refractivity contribution in [3.05, 3.63) is 0 Å². The van der Waals surface area contributed by atoms with Crippen molar-refractivity contribution in [2.45, 2.75) is 57.5 Å². The summed E-state index contributed by atoms with van der Waals surface area (Å²) in [4.78, 5) is 14.5. The first-order valence-electron chi connectivity index (χ1n) is 7.18. The molecule has 2 atom stereocenters. The monoisotopic (exact) mass is 288 g/mol. The van der Waals surface area contributed by atoms with Gasteiger partial charge < -0.3 is 4.90 Å². The molecule has 0 aromatic carbocycles. The molecule has 2 aliphatic heterocycles. The van der Waals surface area contributed by atoms with Gasteiger partial charge in [-0.05, 0) is 39.0 Å². The topological polar surface area (TPSA) is 57.7 Å². The number of hydrogen-bond donors (Lipinski definition) is 0. The maximum absolute atomic E-state index is 12.6. The molecule has 0 radical (unpaired) electrons. The highest BCUT2D eigenvalue weighted by molar-refractivity contribution is 7.88. The molecule has 0 aromatic heterocycles. The average Bonchev–Trinajstić information content (AvgIpc) is 2.37. The molecular weight excluding hydrogens is 264 g/mol. The highest BCUT2D eigenvalue weighted by Gasteiger charge is 2.38. The first-order chi connectivity index (χ1) is 8.91. The Morgan fingerprint density at radius 1 is 1.05 bits per heavy atom. The van der Waals surface area contributed by atoms with Crippen LogP contribution in [0.25, 0.3) is 0 Å². The molecule has 2 fully saturated rings. The molecular formula is C13H24N2O3S. The van der Waals surface area contributed by atoms with Gasteiger partial charge in [0.1, 0.15) is 6.04 Å². The number of likely N-dealkylation sites (tertiary alicyclic amines) is 1. The largest absolute Gasteiger partial charge is 0.339 e. The van der Waals surface area contributed by atoms with Crippen LogP contribution in [0.15, 0.2) is 0 Å². The smallest absolute Gasteiger partial charge is 0.241 e. The van der Waals surface area contributed by atoms with Gasteiger partial charge >= 0.3 is 0 Å². The van der Waals surface area contributed by atoms with E-state index >= 15 is 0 Å². The first-order valence-corrected chi connectivity index (χ1v) is 9.03. The molecule has 2 heterocycles. The summed E-state index contributed by atoms with van der Waals surface area (Å²) >= 11 is 0. The zero-order valence-corrected chi connectivity index (χ0v) is 12.7. The van der Waals surface area contributed by atoms with Crippen molar-refractivity contribution in [2.75, 3.05) is 19.3 Å². The fourth-order valence-electron chi connectivity index (χ4n) is 3.17. The summed E-state index contributed by atoms with van der Waals surface area (Å²) in [5.74, 6) is 0.0114. The molecule has 2 saturated heterocycles. The molecule has 2 aliphatic rings. The van der Waals surface area contributed by atoms with Gasteiger partial charge in [0, 0.05) is 19.1 Å². The van der Waals surface area contributed by atoms with Gasteiger partial charge in [0.25, 0.3) is 0 Å². The van der Waals surface area contributed by atoms with E-state index < -0.39 is 16.1 Å². The Kier molecular flexibility index (Phi) is 4.50. The van der Waals surface area contributed by atoms with Gasteiger partial charge in [-0.15, -0.1) is 0 Å². The molecule has 2 rings (SSSR count). The van der Waals surface area contributed by atoms with Crippen LogP contribution in [0.4, 0.5) is 0 Å². The van der Waals surface area contributed by atoms with Crippen molar-refractivity contribution in [1.29, 1.82) is 0 Å². The van der Waals surface area contributed by atoms with Crippen LogP contribution in [0.3, 0.4) is 0 Å². The predicted octanol–water partition coefficient (Wildman–Crippen LogP) is 1.20. The Morgan fingerprint density at radius 2 is 1.68 bits per heavy atom. The quantitative estimate of drug-likeness (QED) is 0.767. The third-order valence-corrected chi connectivity index (χ3v) is 5.54. The number of nitrogens with zero attached hydrogens (tertiary/aromatic N) is 2. The van der Waals surface area contributed by atoms with E-state index in [1.165, 1.54) is 10.6 Å². The van der Waals surface area contributed by atoms with Gasteiger partial charge in [-0.3, -0.25) is 4.79 Å². The Balaban J connectivity index is 2.15. The summed E-state index contributed by atoms with van der Waals surface area (Å²) in [6, 6.07) is -0.228. The van der Waals surface area contributed by atoms with Gasteiger partial charge in [-0.1, -0.05) is 6.42 Å². The summed E-state index contributed by atoms with van der Waals surface area (Å²) in [7, 11) is -3.29. The lowest BCUT2D eigenvalue weighted by Crippen LogP contribution is -2.55. The van der Waals surface area contributed by atoms with Crippen molar-refractivity contribution in [3.63, 3.8) is 0 Å². The number of hydrogen-bond acceptors (Lipinski definition) is 3. The van der Waals surface area contributed by atoms with E-state index in [1.807, 2.05) is 4.90 Å². The van der Waals surface area contributed by atoms with E-state index in [1.54, 1.807) is 0 Å². The lowest BCUT2D eigenvalue weighted by atomic mass is 9.99. The van der Waals surface area contributed by atoms with Crippen LogP contribution in [-0.4, -0.2) is 55.0 Å². The summed E-state index contributed by atoms with van der Waals surface area (Å²) < 4.78 is 25.0. The molecule has 110 valence electrons. The Labute approximate surface area is 116 Å². The van der Waals surface area contributed by atoms with Gasteiger partial charge in [0.15, 0.2) is 0 Å². The Bertz CT molecular complexity index is 435. The van der Waals surface area contributed by atoms with Crippen molar-refractivity contribution >= 4 is 15.9 Å². The minimum atomic E-state index is -3.29. The lowest BCUT2D eigenvalue weighted by molar-refractivity contribution is -0.139. The van der Waals surface area contributed by atoms with E-state index in [4.69, 9.17) is 0 Å². The second-order valence-electron chi connectivity index (χ2n) is 5.76. The highest BCUT2D eigenvalue weighted by Crippen LogP contribution is 2.25. The second kappa shape index (κ2) is 5.79. The lowest BCUT2D eigenvalue weighted by Gasteiger charge is -2.40. The fraction of sp³-hybridized carbons (Fsp3) is 0.923. The molecule has 0 saturated carbocycles. The van der Waals surface area contributed by atoms with E-state index in [-0.39, 0.29) is 11.9 Å². The molecule has 0 N–H and O–H groups in total. The SMILES string of the molecule is C[C@@H]1CCCCN1C(=O)[C@@H]1CCCCN1S(C)(=O)=O. The van der Waals surface area contributed by atoms with Crippen molar-refractivity contribution < 1.29 is 13.2 Å². The maximum atomic E-state index is 12.6. The van der Waals surface area contributed by atoms with Crippen LogP contribution >= 0.6 is 0 Å². The van der Waals surface area contributed by atoms with Crippen LogP contribution in [0, 0.1) is 0 Å². The Morgan fingerprint density at radius 3 is 2.32 bits per heavy atom. The standard InChI is InChI=1S/C13H24N2O3S/c1-11-7-3-5-9-14(11)13(16)12-8-4-6-10-15(12)19(2,17)18/h11-12H,3-10H2,1-2H3/t11-,12+/m1/s1. The maximum Gasteiger partial charge on any atom is 0.241 e. The van der Waals surface area contributed by atoms with E-state index in [0.717, 1.165) is 38.6 Å². The van der Waals surface area contributed by atoms with Crippen LogP contribution in [0.2, 0.25) is 0 Å². The third kappa shape index (κ3) is 3.28. The zero-order chi connectivity index (χ0) is 14.0. The van der Waals surface area contributed by atoms with Crippen LogP contribution < -0.4 is 0 Å². The van der Waals surface area contributed by atoms with Crippen LogP contribution in [0.5, 0.6) is 0 Å². The summed E-state index contributed by atoms with van der Waals surface area (Å²) in [5.41, 5.74) is 0. The highest BCUT2D eigenvalue weighted by atomic mass is 32.2. The second-order valence-corrected chi connectivity index (χ2v) is 7.70. The Hall–Kier alpha value is -0.620. The molecule has 0 aromatic rings. The molecule has 0 aliphatic carbocycles. The molecule has 19 heavy (non-hydrogen) atoms. The molecule has 5 nitrogen and oxygen atoms in total. The number of carbonyl (C=O) groups excluding carboxylic acids is 1. The summed E-state index contributed by atoms with van der Waals surface area (Å²) in [6.45, 7) is 3.32. The number of sulfonamides is 1. The first kappa shape index (κ1) is 14.8. The van der Waals surface area contributed by atoms with Gasteiger partial charge in [0.2, 0.25) is 15.9 Å². The average molecular weight is 288 g/mol. The van der Waals surface area contributed by atoms with Gasteiger partial charge in [-0.2, -0.15) is 4.31 Å². The number of piperidine rings is 2. The summed E-state index contributed by atoms with van der Waals surface area (Å²) in [5, 5.41) is 0. The fourth-order valence-corrected chi connectivity index (χ4v) is 4.28. The normalized spacial score (nSPS) is 30.3. The third-order valence-electron chi connectivity index (χ3n) is 4.25. The van der Waals surface area contributed by atoms with Crippen molar-refractivity contribution in [1.82, 2.24) is 9.21 Å². The van der Waals surface area contributed by atoms with Crippen LogP contribution in [0.1, 0.15) is 45.4 Å². The number of amides is 1. The van der Waals surface area contributed by atoms with Crippen LogP contribution in [-0.2, 0) is 14.8 Å². The van der Waals surface area contributed by atoms with Crippen molar-refractivity contribution in [3.8, 4) is 0 Å². The minimum Gasteiger partial charge on any atom is -0.339 e.